The van der Waals surface area contributed by atoms with Crippen LogP contribution in [0, 0.1) is 6.92 Å². The van der Waals surface area contributed by atoms with E-state index < -0.39 is 6.36 Å². The highest BCUT2D eigenvalue weighted by Crippen LogP contribution is 2.23. The highest BCUT2D eigenvalue weighted by molar-refractivity contribution is 5.48. The molecular weight excluding hydrogens is 269 g/mol. The van der Waals surface area contributed by atoms with E-state index in [1.807, 2.05) is 13.0 Å². The number of pyridine rings is 1. The van der Waals surface area contributed by atoms with Gasteiger partial charge in [-0.15, -0.1) is 13.2 Å². The van der Waals surface area contributed by atoms with Crippen molar-refractivity contribution in [3.05, 3.63) is 53.9 Å². The van der Waals surface area contributed by atoms with Crippen molar-refractivity contribution in [2.75, 3.05) is 5.32 Å². The van der Waals surface area contributed by atoms with Crippen molar-refractivity contribution in [3.63, 3.8) is 0 Å². The Morgan fingerprint density at radius 1 is 1.15 bits per heavy atom. The van der Waals surface area contributed by atoms with Crippen molar-refractivity contribution in [1.82, 2.24) is 4.98 Å². The third-order valence-electron chi connectivity index (χ3n) is 2.68. The summed E-state index contributed by atoms with van der Waals surface area (Å²) in [4.78, 5) is 4.00. The predicted octanol–water partition coefficient (Wildman–Crippen LogP) is 3.90. The second-order valence-corrected chi connectivity index (χ2v) is 4.24. The number of ether oxygens (including phenoxy) is 1. The van der Waals surface area contributed by atoms with Gasteiger partial charge in [0.1, 0.15) is 5.75 Å². The van der Waals surface area contributed by atoms with Gasteiger partial charge in [0.25, 0.3) is 0 Å². The zero-order chi connectivity index (χ0) is 14.6. The predicted molar refractivity (Wildman–Crippen MR) is 69.4 cm³/mol. The van der Waals surface area contributed by atoms with Crippen LogP contribution in [0.1, 0.15) is 11.1 Å². The zero-order valence-electron chi connectivity index (χ0n) is 10.7. The first kappa shape index (κ1) is 14.2. The summed E-state index contributed by atoms with van der Waals surface area (Å²) in [5, 5.41) is 3.17. The fourth-order valence-corrected chi connectivity index (χ4v) is 1.66. The van der Waals surface area contributed by atoms with E-state index in [-0.39, 0.29) is 5.75 Å². The minimum atomic E-state index is -4.66. The molecule has 1 N–H and O–H groups in total. The number of aromatic nitrogens is 1. The third kappa shape index (κ3) is 4.15. The summed E-state index contributed by atoms with van der Waals surface area (Å²) in [5.74, 6) is -0.223. The second kappa shape index (κ2) is 5.81. The van der Waals surface area contributed by atoms with Gasteiger partial charge in [0.15, 0.2) is 0 Å². The van der Waals surface area contributed by atoms with Crippen LogP contribution in [0.2, 0.25) is 0 Å². The van der Waals surface area contributed by atoms with E-state index in [1.165, 1.54) is 12.1 Å². The molecule has 0 spiro atoms. The molecule has 0 saturated heterocycles. The van der Waals surface area contributed by atoms with Crippen LogP contribution in [-0.4, -0.2) is 11.3 Å². The molecule has 6 heteroatoms. The van der Waals surface area contributed by atoms with Crippen LogP contribution >= 0.6 is 0 Å². The van der Waals surface area contributed by atoms with Crippen molar-refractivity contribution in [2.45, 2.75) is 19.8 Å². The number of nitrogens with one attached hydrogen (secondary N) is 1. The lowest BCUT2D eigenvalue weighted by Gasteiger charge is -2.11. The fourth-order valence-electron chi connectivity index (χ4n) is 1.66. The first-order valence-corrected chi connectivity index (χ1v) is 5.93. The summed E-state index contributed by atoms with van der Waals surface area (Å²) in [6.07, 6.45) is -1.26. The maximum absolute atomic E-state index is 12.0. The van der Waals surface area contributed by atoms with Crippen LogP contribution in [0.25, 0.3) is 0 Å². The summed E-state index contributed by atoms with van der Waals surface area (Å²) in [6.45, 7) is 2.45. The minimum absolute atomic E-state index is 0.223. The molecule has 106 valence electrons. The van der Waals surface area contributed by atoms with Gasteiger partial charge < -0.3 is 10.1 Å². The van der Waals surface area contributed by atoms with E-state index in [4.69, 9.17) is 0 Å². The summed E-state index contributed by atoms with van der Waals surface area (Å²) in [6, 6.07) is 7.63. The van der Waals surface area contributed by atoms with Crippen LogP contribution in [0.5, 0.6) is 5.75 Å². The SMILES string of the molecule is Cc1ccncc1NCc1ccc(OC(F)(F)F)cc1. The van der Waals surface area contributed by atoms with Crippen molar-refractivity contribution >= 4 is 5.69 Å². The lowest BCUT2D eigenvalue weighted by Crippen LogP contribution is -2.17. The fraction of sp³-hybridized carbons (Fsp3) is 0.214. The number of halogens is 3. The molecule has 1 aromatic heterocycles. The van der Waals surface area contributed by atoms with Gasteiger partial charge in [-0.05, 0) is 36.2 Å². The number of anilines is 1. The van der Waals surface area contributed by atoms with Crippen molar-refractivity contribution in [1.29, 1.82) is 0 Å². The van der Waals surface area contributed by atoms with E-state index in [9.17, 15) is 13.2 Å². The van der Waals surface area contributed by atoms with Gasteiger partial charge in [-0.2, -0.15) is 0 Å². The molecule has 0 bridgehead atoms. The lowest BCUT2D eigenvalue weighted by atomic mass is 10.2. The maximum atomic E-state index is 12.0. The van der Waals surface area contributed by atoms with Crippen LogP contribution in [0.4, 0.5) is 18.9 Å². The number of rotatable bonds is 4. The Morgan fingerprint density at radius 2 is 1.85 bits per heavy atom. The summed E-state index contributed by atoms with van der Waals surface area (Å²) < 4.78 is 39.9. The number of alkyl halides is 3. The highest BCUT2D eigenvalue weighted by Gasteiger charge is 2.30. The number of benzene rings is 1. The molecule has 0 fully saturated rings. The molecule has 0 atom stereocenters. The molecule has 0 amide bonds. The van der Waals surface area contributed by atoms with Crippen molar-refractivity contribution in [2.24, 2.45) is 0 Å². The van der Waals surface area contributed by atoms with E-state index in [0.29, 0.717) is 6.54 Å². The number of hydrogen-bond donors (Lipinski definition) is 1. The first-order valence-electron chi connectivity index (χ1n) is 5.93. The molecule has 1 heterocycles. The van der Waals surface area contributed by atoms with Gasteiger partial charge in [-0.3, -0.25) is 4.98 Å². The van der Waals surface area contributed by atoms with E-state index in [0.717, 1.165) is 16.8 Å². The highest BCUT2D eigenvalue weighted by atomic mass is 19.4. The zero-order valence-corrected chi connectivity index (χ0v) is 10.7. The average Bonchev–Trinajstić information content (AvgIpc) is 2.38. The number of nitrogens with zero attached hydrogens (tertiary/aromatic N) is 1. The van der Waals surface area contributed by atoms with Gasteiger partial charge >= 0.3 is 6.36 Å². The van der Waals surface area contributed by atoms with E-state index in [1.54, 1.807) is 24.5 Å². The van der Waals surface area contributed by atoms with E-state index in [2.05, 4.69) is 15.0 Å². The molecule has 2 aromatic rings. The Kier molecular flexibility index (Phi) is 4.12. The molecule has 1 aromatic carbocycles. The molecule has 3 nitrogen and oxygen atoms in total. The Hall–Kier alpha value is -2.24. The molecule has 0 radical (unpaired) electrons. The third-order valence-corrected chi connectivity index (χ3v) is 2.68. The monoisotopic (exact) mass is 282 g/mol. The van der Waals surface area contributed by atoms with Gasteiger partial charge in [0.2, 0.25) is 0 Å². The lowest BCUT2D eigenvalue weighted by molar-refractivity contribution is -0.274. The minimum Gasteiger partial charge on any atom is -0.406 e. The largest absolute Gasteiger partial charge is 0.573 e. The summed E-state index contributed by atoms with van der Waals surface area (Å²) in [5.41, 5.74) is 2.79. The Bertz CT molecular complexity index is 567. The van der Waals surface area contributed by atoms with Gasteiger partial charge in [0, 0.05) is 12.7 Å². The molecule has 0 unspecified atom stereocenters. The molecule has 0 aliphatic rings. The summed E-state index contributed by atoms with van der Waals surface area (Å²) >= 11 is 0. The number of hydrogen-bond acceptors (Lipinski definition) is 3. The standard InChI is InChI=1S/C14H13F3N2O/c1-10-6-7-18-9-13(10)19-8-11-2-4-12(5-3-11)20-14(15,16)17/h2-7,9,19H,8H2,1H3. The molecule has 0 saturated carbocycles. The van der Waals surface area contributed by atoms with Gasteiger partial charge in [0.05, 0.1) is 11.9 Å². The van der Waals surface area contributed by atoms with Crippen molar-refractivity contribution < 1.29 is 17.9 Å². The quantitative estimate of drug-likeness (QED) is 0.923. The Labute approximate surface area is 114 Å². The molecule has 20 heavy (non-hydrogen) atoms. The normalized spacial score (nSPS) is 11.2. The van der Waals surface area contributed by atoms with E-state index >= 15 is 0 Å². The molecule has 0 aliphatic heterocycles. The maximum Gasteiger partial charge on any atom is 0.573 e. The summed E-state index contributed by atoms with van der Waals surface area (Å²) in [7, 11) is 0. The molecular formula is C14H13F3N2O. The van der Waals surface area contributed by atoms with Crippen LogP contribution in [0.3, 0.4) is 0 Å². The van der Waals surface area contributed by atoms with Crippen molar-refractivity contribution in [3.8, 4) is 5.75 Å². The average molecular weight is 282 g/mol. The molecule has 0 aliphatic carbocycles. The Morgan fingerprint density at radius 3 is 2.45 bits per heavy atom. The van der Waals surface area contributed by atoms with Crippen LogP contribution < -0.4 is 10.1 Å². The van der Waals surface area contributed by atoms with Crippen LogP contribution in [-0.2, 0) is 6.54 Å². The number of aryl methyl sites for hydroxylation is 1. The first-order chi connectivity index (χ1) is 9.44. The smallest absolute Gasteiger partial charge is 0.406 e. The topological polar surface area (TPSA) is 34.2 Å². The van der Waals surface area contributed by atoms with Crippen LogP contribution in [0.15, 0.2) is 42.7 Å². The molecule has 2 rings (SSSR count). The van der Waals surface area contributed by atoms with Gasteiger partial charge in [-0.1, -0.05) is 12.1 Å². The second-order valence-electron chi connectivity index (χ2n) is 4.24. The Balaban J connectivity index is 1.96. The van der Waals surface area contributed by atoms with Gasteiger partial charge in [-0.25, -0.2) is 0 Å².